The largest absolute Gasteiger partial charge is 0.491 e. The molecule has 1 heterocycles. The van der Waals surface area contributed by atoms with Gasteiger partial charge in [-0.15, -0.1) is 0 Å². The molecule has 1 aliphatic rings. The average Bonchev–Trinajstić information content (AvgIpc) is 2.72. The van der Waals surface area contributed by atoms with E-state index in [1.165, 1.54) is 11.2 Å². The highest BCUT2D eigenvalue weighted by Gasteiger charge is 2.31. The maximum absolute atomic E-state index is 13.2. The monoisotopic (exact) mass is 475 g/mol. The molecule has 2 aromatic carbocycles. The predicted molar refractivity (Wildman–Crippen MR) is 128 cm³/mol. The number of aliphatic hydroxyl groups excluding tert-OH is 1. The molecule has 1 atom stereocenters. The van der Waals surface area contributed by atoms with Crippen LogP contribution in [0.1, 0.15) is 23.6 Å². The van der Waals surface area contributed by atoms with Gasteiger partial charge >= 0.3 is 0 Å². The Labute approximate surface area is 196 Å². The van der Waals surface area contributed by atoms with Crippen LogP contribution in [0, 0.1) is 20.8 Å². The number of hydrogen-bond donors (Lipinski definition) is 2. The topological polar surface area (TPSA) is 99.2 Å². The Morgan fingerprint density at radius 1 is 1.06 bits per heavy atom. The summed E-state index contributed by atoms with van der Waals surface area (Å²) in [5.74, 6) is 0.457. The van der Waals surface area contributed by atoms with Gasteiger partial charge in [0.15, 0.2) is 0 Å². The van der Waals surface area contributed by atoms with E-state index in [9.17, 15) is 18.3 Å². The Balaban J connectivity index is 1.49. The first kappa shape index (κ1) is 25.2. The number of β-amino-alcohol motifs (C(OH)–C–C–N with tert-alkyl or cyclic N) is 1. The van der Waals surface area contributed by atoms with Crippen molar-refractivity contribution in [1.29, 1.82) is 0 Å². The lowest BCUT2D eigenvalue weighted by Gasteiger charge is -2.35. The molecule has 33 heavy (non-hydrogen) atoms. The first-order valence-corrected chi connectivity index (χ1v) is 12.5. The second kappa shape index (κ2) is 10.6. The third-order valence-corrected chi connectivity index (χ3v) is 7.82. The zero-order valence-electron chi connectivity index (χ0n) is 19.7. The van der Waals surface area contributed by atoms with Gasteiger partial charge in [0, 0.05) is 45.3 Å². The number of nitrogens with one attached hydrogen (secondary N) is 1. The highest BCUT2D eigenvalue weighted by molar-refractivity contribution is 7.89. The fourth-order valence-electron chi connectivity index (χ4n) is 4.24. The summed E-state index contributed by atoms with van der Waals surface area (Å²) in [4.78, 5) is 13.5. The number of nitrogens with zero attached hydrogens (tertiary/aromatic N) is 2. The number of amides is 1. The van der Waals surface area contributed by atoms with Gasteiger partial charge in [-0.3, -0.25) is 9.69 Å². The van der Waals surface area contributed by atoms with Gasteiger partial charge in [-0.1, -0.05) is 17.7 Å². The van der Waals surface area contributed by atoms with Crippen molar-refractivity contribution in [3.05, 3.63) is 53.1 Å². The minimum absolute atomic E-state index is 0.125. The lowest BCUT2D eigenvalue weighted by molar-refractivity contribution is -0.114. The van der Waals surface area contributed by atoms with Crippen LogP contribution in [0.4, 0.5) is 5.69 Å². The second-order valence-corrected chi connectivity index (χ2v) is 10.5. The number of anilines is 1. The zero-order valence-corrected chi connectivity index (χ0v) is 20.5. The van der Waals surface area contributed by atoms with Gasteiger partial charge in [-0.2, -0.15) is 4.31 Å². The number of carbonyl (C=O) groups is 1. The molecule has 8 nitrogen and oxygen atoms in total. The number of ether oxygens (including phenoxy) is 1. The third-order valence-electron chi connectivity index (χ3n) is 5.62. The van der Waals surface area contributed by atoms with Crippen LogP contribution in [0.5, 0.6) is 5.75 Å². The van der Waals surface area contributed by atoms with Crippen molar-refractivity contribution in [2.75, 3.05) is 44.6 Å². The van der Waals surface area contributed by atoms with E-state index in [4.69, 9.17) is 4.74 Å². The summed E-state index contributed by atoms with van der Waals surface area (Å²) >= 11 is 0. The van der Waals surface area contributed by atoms with Gasteiger partial charge in [0.25, 0.3) is 0 Å². The molecule has 0 spiro atoms. The van der Waals surface area contributed by atoms with Crippen LogP contribution >= 0.6 is 0 Å². The summed E-state index contributed by atoms with van der Waals surface area (Å²) in [6, 6.07) is 10.7. The van der Waals surface area contributed by atoms with Crippen molar-refractivity contribution >= 4 is 21.6 Å². The van der Waals surface area contributed by atoms with E-state index in [1.54, 1.807) is 24.3 Å². The number of hydrogen-bond acceptors (Lipinski definition) is 6. The quantitative estimate of drug-likeness (QED) is 0.608. The van der Waals surface area contributed by atoms with Crippen molar-refractivity contribution in [1.82, 2.24) is 9.21 Å². The van der Waals surface area contributed by atoms with E-state index < -0.39 is 16.1 Å². The molecule has 0 aromatic heterocycles. The lowest BCUT2D eigenvalue weighted by Crippen LogP contribution is -2.51. The molecule has 2 aromatic rings. The fraction of sp³-hybridized carbons (Fsp3) is 0.458. The smallest absolute Gasteiger partial charge is 0.243 e. The first-order valence-electron chi connectivity index (χ1n) is 11.0. The molecule has 1 saturated heterocycles. The summed E-state index contributed by atoms with van der Waals surface area (Å²) < 4.78 is 33.6. The summed E-state index contributed by atoms with van der Waals surface area (Å²) in [5.41, 5.74) is 3.27. The minimum Gasteiger partial charge on any atom is -0.491 e. The molecule has 1 fully saturated rings. The summed E-state index contributed by atoms with van der Waals surface area (Å²) in [7, 11) is -3.56. The number of rotatable bonds is 8. The molecule has 1 amide bonds. The SMILES string of the molecule is CC(=O)Nc1ccc(OC[C@H](O)CN2CCN(S(=O)(=O)c3c(C)cc(C)cc3C)CC2)cc1. The number of carbonyl (C=O) groups excluding carboxylic acids is 1. The third kappa shape index (κ3) is 6.54. The lowest BCUT2D eigenvalue weighted by atomic mass is 10.1. The van der Waals surface area contributed by atoms with Crippen LogP contribution < -0.4 is 10.1 Å². The summed E-state index contributed by atoms with van der Waals surface area (Å²) in [6.07, 6.45) is -0.704. The molecule has 180 valence electrons. The minimum atomic E-state index is -3.56. The number of aliphatic hydroxyl groups is 1. The van der Waals surface area contributed by atoms with Crippen LogP contribution in [0.2, 0.25) is 0 Å². The Morgan fingerprint density at radius 2 is 1.64 bits per heavy atom. The van der Waals surface area contributed by atoms with Crippen molar-refractivity contribution in [2.24, 2.45) is 0 Å². The summed E-state index contributed by atoms with van der Waals surface area (Å²) in [6.45, 7) is 9.48. The molecule has 0 aliphatic carbocycles. The Morgan fingerprint density at radius 3 is 2.18 bits per heavy atom. The van der Waals surface area contributed by atoms with Crippen molar-refractivity contribution in [3.63, 3.8) is 0 Å². The number of piperazine rings is 1. The Bertz CT molecular complexity index is 1050. The molecule has 1 aliphatic heterocycles. The van der Waals surface area contributed by atoms with Crippen molar-refractivity contribution in [2.45, 2.75) is 38.7 Å². The highest BCUT2D eigenvalue weighted by Crippen LogP contribution is 2.26. The predicted octanol–water partition coefficient (Wildman–Crippen LogP) is 2.32. The molecular formula is C24H33N3O5S. The molecule has 9 heteroatoms. The molecule has 0 saturated carbocycles. The zero-order chi connectivity index (χ0) is 24.2. The molecule has 0 unspecified atom stereocenters. The normalized spacial score (nSPS) is 16.4. The van der Waals surface area contributed by atoms with Crippen LogP contribution in [0.25, 0.3) is 0 Å². The highest BCUT2D eigenvalue weighted by atomic mass is 32.2. The molecule has 2 N–H and O–H groups in total. The fourth-order valence-corrected chi connectivity index (χ4v) is 6.07. The van der Waals surface area contributed by atoms with E-state index in [0.29, 0.717) is 49.1 Å². The van der Waals surface area contributed by atoms with Gasteiger partial charge in [-0.05, 0) is 56.2 Å². The Hall–Kier alpha value is -2.46. The molecule has 3 rings (SSSR count). The standard InChI is InChI=1S/C24H33N3O5S/c1-17-13-18(2)24(19(3)14-17)33(30,31)27-11-9-26(10-12-27)15-22(29)16-32-23-7-5-21(6-8-23)25-20(4)28/h5-8,13-14,22,29H,9-12,15-16H2,1-4H3,(H,25,28)/t22-/m1/s1. The van der Waals surface area contributed by atoms with E-state index in [-0.39, 0.29) is 12.5 Å². The van der Waals surface area contributed by atoms with Crippen molar-refractivity contribution < 1.29 is 23.1 Å². The van der Waals surface area contributed by atoms with E-state index >= 15 is 0 Å². The maximum atomic E-state index is 13.2. The number of aryl methyl sites for hydroxylation is 3. The van der Waals surface area contributed by atoms with E-state index in [2.05, 4.69) is 10.2 Å². The van der Waals surface area contributed by atoms with Gasteiger partial charge in [-0.25, -0.2) is 8.42 Å². The van der Waals surface area contributed by atoms with E-state index in [0.717, 1.165) is 16.7 Å². The number of sulfonamides is 1. The van der Waals surface area contributed by atoms with Crippen LogP contribution in [0.15, 0.2) is 41.3 Å². The number of benzene rings is 2. The van der Waals surface area contributed by atoms with E-state index in [1.807, 2.05) is 32.9 Å². The molecule has 0 radical (unpaired) electrons. The molecule has 0 bridgehead atoms. The Kier molecular flexibility index (Phi) is 8.12. The average molecular weight is 476 g/mol. The second-order valence-electron chi connectivity index (χ2n) is 8.60. The maximum Gasteiger partial charge on any atom is 0.243 e. The van der Waals surface area contributed by atoms with Crippen LogP contribution in [-0.4, -0.2) is 74.1 Å². The van der Waals surface area contributed by atoms with Gasteiger partial charge < -0.3 is 15.2 Å². The molecular weight excluding hydrogens is 442 g/mol. The van der Waals surface area contributed by atoms with Crippen molar-refractivity contribution in [3.8, 4) is 5.75 Å². The van der Waals surface area contributed by atoms with Crippen LogP contribution in [-0.2, 0) is 14.8 Å². The van der Waals surface area contributed by atoms with Crippen LogP contribution in [0.3, 0.4) is 0 Å². The van der Waals surface area contributed by atoms with Gasteiger partial charge in [0.1, 0.15) is 18.5 Å². The van der Waals surface area contributed by atoms with Gasteiger partial charge in [0.05, 0.1) is 4.90 Å². The first-order chi connectivity index (χ1) is 15.6. The summed E-state index contributed by atoms with van der Waals surface area (Å²) in [5, 5.41) is 13.1. The van der Waals surface area contributed by atoms with Gasteiger partial charge in [0.2, 0.25) is 15.9 Å².